The van der Waals surface area contributed by atoms with Crippen LogP contribution in [0, 0.1) is 0 Å². The Kier molecular flexibility index (Phi) is 4.80. The zero-order chi connectivity index (χ0) is 12.8. The standard InChI is InChI=1S/C16H18ClN/c1-2-18(12-14-8-4-3-5-9-14)13-15-10-6-7-11-16(15)17/h3-11H,2,12-13H2,1H3/p+1. The summed E-state index contributed by atoms with van der Waals surface area (Å²) in [5.41, 5.74) is 2.60. The molecule has 0 radical (unpaired) electrons. The number of halogens is 1. The lowest BCUT2D eigenvalue weighted by molar-refractivity contribution is -0.925. The van der Waals surface area contributed by atoms with Crippen LogP contribution < -0.4 is 4.90 Å². The van der Waals surface area contributed by atoms with Gasteiger partial charge in [-0.2, -0.15) is 0 Å². The maximum Gasteiger partial charge on any atom is 0.105 e. The lowest BCUT2D eigenvalue weighted by Crippen LogP contribution is -3.09. The zero-order valence-corrected chi connectivity index (χ0v) is 11.5. The Bertz CT molecular complexity index is 481. The van der Waals surface area contributed by atoms with E-state index in [4.69, 9.17) is 11.6 Å². The van der Waals surface area contributed by atoms with Crippen LogP contribution in [-0.2, 0) is 13.1 Å². The topological polar surface area (TPSA) is 4.44 Å². The van der Waals surface area contributed by atoms with Gasteiger partial charge in [0.1, 0.15) is 13.1 Å². The molecule has 1 N–H and O–H groups in total. The van der Waals surface area contributed by atoms with E-state index in [1.807, 2.05) is 12.1 Å². The number of quaternary nitrogens is 1. The highest BCUT2D eigenvalue weighted by Crippen LogP contribution is 2.13. The third-order valence-corrected chi connectivity index (χ3v) is 3.56. The molecule has 0 aliphatic heterocycles. The molecule has 2 aromatic rings. The highest BCUT2D eigenvalue weighted by molar-refractivity contribution is 6.31. The van der Waals surface area contributed by atoms with Crippen molar-refractivity contribution < 1.29 is 4.90 Å². The average molecular weight is 261 g/mol. The van der Waals surface area contributed by atoms with Crippen molar-refractivity contribution in [3.63, 3.8) is 0 Å². The average Bonchev–Trinajstić information content (AvgIpc) is 2.41. The summed E-state index contributed by atoms with van der Waals surface area (Å²) in [5.74, 6) is 0. The lowest BCUT2D eigenvalue weighted by atomic mass is 10.1. The Labute approximate surface area is 114 Å². The highest BCUT2D eigenvalue weighted by atomic mass is 35.5. The monoisotopic (exact) mass is 260 g/mol. The molecule has 0 aromatic heterocycles. The molecular weight excluding hydrogens is 242 g/mol. The second-order valence-corrected chi connectivity index (χ2v) is 4.94. The molecule has 1 unspecified atom stereocenters. The van der Waals surface area contributed by atoms with Crippen LogP contribution >= 0.6 is 11.6 Å². The van der Waals surface area contributed by atoms with E-state index in [2.05, 4.69) is 49.4 Å². The van der Waals surface area contributed by atoms with Gasteiger partial charge in [0.2, 0.25) is 0 Å². The van der Waals surface area contributed by atoms with Crippen molar-refractivity contribution in [2.24, 2.45) is 0 Å². The fraction of sp³-hybridized carbons (Fsp3) is 0.250. The third kappa shape index (κ3) is 3.59. The van der Waals surface area contributed by atoms with Crippen LogP contribution in [0.5, 0.6) is 0 Å². The Morgan fingerprint density at radius 3 is 2.22 bits per heavy atom. The summed E-state index contributed by atoms with van der Waals surface area (Å²) < 4.78 is 0. The minimum absolute atomic E-state index is 0.872. The number of hydrogen-bond donors (Lipinski definition) is 1. The summed E-state index contributed by atoms with van der Waals surface area (Å²) in [7, 11) is 0. The molecule has 0 amide bonds. The Hall–Kier alpha value is -1.31. The van der Waals surface area contributed by atoms with E-state index in [1.54, 1.807) is 0 Å². The molecule has 18 heavy (non-hydrogen) atoms. The fourth-order valence-electron chi connectivity index (χ4n) is 2.11. The molecule has 0 saturated heterocycles. The Morgan fingerprint density at radius 1 is 0.889 bits per heavy atom. The molecular formula is C16H19ClN+. The van der Waals surface area contributed by atoms with Gasteiger partial charge in [-0.1, -0.05) is 60.1 Å². The lowest BCUT2D eigenvalue weighted by Gasteiger charge is -2.18. The minimum Gasteiger partial charge on any atom is -0.328 e. The fourth-order valence-corrected chi connectivity index (χ4v) is 2.31. The van der Waals surface area contributed by atoms with Crippen molar-refractivity contribution in [1.29, 1.82) is 0 Å². The first-order valence-corrected chi connectivity index (χ1v) is 6.78. The van der Waals surface area contributed by atoms with Gasteiger partial charge in [-0.05, 0) is 13.0 Å². The molecule has 1 nitrogen and oxygen atoms in total. The van der Waals surface area contributed by atoms with Gasteiger partial charge >= 0.3 is 0 Å². The van der Waals surface area contributed by atoms with Crippen molar-refractivity contribution in [1.82, 2.24) is 0 Å². The van der Waals surface area contributed by atoms with E-state index < -0.39 is 0 Å². The number of nitrogens with one attached hydrogen (secondary N) is 1. The van der Waals surface area contributed by atoms with Gasteiger partial charge in [0.15, 0.2) is 0 Å². The summed E-state index contributed by atoms with van der Waals surface area (Å²) >= 11 is 6.21. The first-order chi connectivity index (χ1) is 8.79. The molecule has 2 aromatic carbocycles. The molecule has 0 bridgehead atoms. The largest absolute Gasteiger partial charge is 0.328 e. The van der Waals surface area contributed by atoms with Crippen LogP contribution in [0.15, 0.2) is 54.6 Å². The number of benzene rings is 2. The normalized spacial score (nSPS) is 12.3. The molecule has 0 spiro atoms. The molecule has 0 fully saturated rings. The Balaban J connectivity index is 2.04. The van der Waals surface area contributed by atoms with Crippen molar-refractivity contribution in [2.75, 3.05) is 6.54 Å². The number of hydrogen-bond acceptors (Lipinski definition) is 0. The molecule has 0 aliphatic rings. The second-order valence-electron chi connectivity index (χ2n) is 4.53. The van der Waals surface area contributed by atoms with E-state index >= 15 is 0 Å². The van der Waals surface area contributed by atoms with E-state index in [9.17, 15) is 0 Å². The highest BCUT2D eigenvalue weighted by Gasteiger charge is 2.10. The first-order valence-electron chi connectivity index (χ1n) is 6.40. The van der Waals surface area contributed by atoms with Gasteiger partial charge in [0, 0.05) is 16.1 Å². The van der Waals surface area contributed by atoms with E-state index in [0.717, 1.165) is 24.7 Å². The van der Waals surface area contributed by atoms with E-state index in [0.29, 0.717) is 0 Å². The minimum atomic E-state index is 0.872. The van der Waals surface area contributed by atoms with Gasteiger partial charge in [0.05, 0.1) is 6.54 Å². The van der Waals surface area contributed by atoms with Crippen LogP contribution in [0.25, 0.3) is 0 Å². The van der Waals surface area contributed by atoms with Crippen molar-refractivity contribution >= 4 is 11.6 Å². The van der Waals surface area contributed by atoms with Crippen molar-refractivity contribution in [3.05, 3.63) is 70.7 Å². The maximum atomic E-state index is 6.21. The zero-order valence-electron chi connectivity index (χ0n) is 10.7. The number of rotatable bonds is 5. The molecule has 0 saturated carbocycles. The first kappa shape index (κ1) is 13.1. The molecule has 0 heterocycles. The molecule has 1 atom stereocenters. The van der Waals surface area contributed by atoms with Gasteiger partial charge in [-0.25, -0.2) is 0 Å². The van der Waals surface area contributed by atoms with Crippen molar-refractivity contribution in [3.8, 4) is 0 Å². The third-order valence-electron chi connectivity index (χ3n) is 3.20. The summed E-state index contributed by atoms with van der Waals surface area (Å²) in [6, 6.07) is 18.7. The SMILES string of the molecule is CC[NH+](Cc1ccccc1)Cc1ccccc1Cl. The van der Waals surface area contributed by atoms with Crippen LogP contribution in [-0.4, -0.2) is 6.54 Å². The summed E-state index contributed by atoms with van der Waals surface area (Å²) in [6.45, 7) is 5.34. The summed E-state index contributed by atoms with van der Waals surface area (Å²) in [6.07, 6.45) is 0. The predicted molar refractivity (Wildman–Crippen MR) is 76.8 cm³/mol. The quantitative estimate of drug-likeness (QED) is 0.843. The van der Waals surface area contributed by atoms with Crippen LogP contribution in [0.4, 0.5) is 0 Å². The molecule has 2 rings (SSSR count). The van der Waals surface area contributed by atoms with E-state index in [1.165, 1.54) is 16.0 Å². The van der Waals surface area contributed by atoms with Gasteiger partial charge in [-0.3, -0.25) is 0 Å². The van der Waals surface area contributed by atoms with Crippen molar-refractivity contribution in [2.45, 2.75) is 20.0 Å². The summed E-state index contributed by atoms with van der Waals surface area (Å²) in [5, 5.41) is 0.872. The summed E-state index contributed by atoms with van der Waals surface area (Å²) in [4.78, 5) is 1.52. The maximum absolute atomic E-state index is 6.21. The smallest absolute Gasteiger partial charge is 0.105 e. The molecule has 2 heteroatoms. The van der Waals surface area contributed by atoms with Crippen LogP contribution in [0.3, 0.4) is 0 Å². The van der Waals surface area contributed by atoms with Crippen LogP contribution in [0.2, 0.25) is 5.02 Å². The molecule has 94 valence electrons. The predicted octanol–water partition coefficient (Wildman–Crippen LogP) is 2.95. The van der Waals surface area contributed by atoms with Gasteiger partial charge in [-0.15, -0.1) is 0 Å². The van der Waals surface area contributed by atoms with Gasteiger partial charge in [0.25, 0.3) is 0 Å². The second kappa shape index (κ2) is 6.58. The molecule has 0 aliphatic carbocycles. The van der Waals surface area contributed by atoms with Gasteiger partial charge < -0.3 is 4.90 Å². The van der Waals surface area contributed by atoms with Crippen LogP contribution in [0.1, 0.15) is 18.1 Å². The van der Waals surface area contributed by atoms with E-state index in [-0.39, 0.29) is 0 Å². The Morgan fingerprint density at radius 2 is 1.56 bits per heavy atom.